The lowest BCUT2D eigenvalue weighted by Crippen LogP contribution is -2.36. The van der Waals surface area contributed by atoms with Crippen molar-refractivity contribution in [2.24, 2.45) is 0 Å². The van der Waals surface area contributed by atoms with Crippen molar-refractivity contribution in [2.75, 3.05) is 38.2 Å². The molecule has 0 radical (unpaired) electrons. The van der Waals surface area contributed by atoms with E-state index in [9.17, 15) is 13.7 Å². The lowest BCUT2D eigenvalue weighted by molar-refractivity contribution is 0.415. The van der Waals surface area contributed by atoms with E-state index in [1.807, 2.05) is 30.3 Å². The summed E-state index contributed by atoms with van der Waals surface area (Å²) in [7, 11) is -2.19. The minimum atomic E-state index is -3.81. The van der Waals surface area contributed by atoms with Crippen LogP contribution >= 0.6 is 0 Å². The molecule has 0 unspecified atom stereocenters. The largest absolute Gasteiger partial charge is 0.497 e. The van der Waals surface area contributed by atoms with Gasteiger partial charge in [0.05, 0.1) is 17.6 Å². The predicted molar refractivity (Wildman–Crippen MR) is 130 cm³/mol. The molecule has 1 aliphatic rings. The molecule has 5 rings (SSSR count). The van der Waals surface area contributed by atoms with Gasteiger partial charge in [0.2, 0.25) is 10.0 Å². The van der Waals surface area contributed by atoms with Gasteiger partial charge >= 0.3 is 0 Å². The molecule has 35 heavy (non-hydrogen) atoms. The van der Waals surface area contributed by atoms with Crippen molar-refractivity contribution >= 4 is 21.6 Å². The number of hydrogen-bond acceptors (Lipinski definition) is 8. The fraction of sp³-hybridized carbons (Fsp3) is 0.250. The second-order valence-electron chi connectivity index (χ2n) is 8.05. The first-order valence-corrected chi connectivity index (χ1v) is 12.5. The Balaban J connectivity index is 1.50. The number of ether oxygens (including phenoxy) is 1. The van der Waals surface area contributed by atoms with E-state index >= 15 is 0 Å². The van der Waals surface area contributed by atoms with Gasteiger partial charge < -0.3 is 9.64 Å². The van der Waals surface area contributed by atoms with E-state index in [1.165, 1.54) is 22.8 Å². The summed E-state index contributed by atoms with van der Waals surface area (Å²) < 4.78 is 35.2. The summed E-state index contributed by atoms with van der Waals surface area (Å²) >= 11 is 0. The molecular weight excluding hydrogens is 466 g/mol. The maximum Gasteiger partial charge on any atom is 0.254 e. The molecule has 11 heteroatoms. The number of sulfonamides is 1. The Morgan fingerprint density at radius 3 is 2.57 bits per heavy atom. The SMILES string of the molecule is COc1ccc(-c2cnc3ncnn3c2N2CCCN(S(=O)(=O)c3ccccc3C#N)CC2)cc1. The van der Waals surface area contributed by atoms with Crippen LogP contribution in [-0.4, -0.2) is 65.6 Å². The van der Waals surface area contributed by atoms with Crippen LogP contribution in [0.3, 0.4) is 0 Å². The standard InChI is InChI=1S/C24H23N7O3S/c1-34-20-9-7-18(8-10-20)21-16-26-24-27-17-28-31(24)23(21)29-11-4-12-30(14-13-29)35(32,33)22-6-3-2-5-19(22)15-25/h2-3,5-10,16-17H,4,11-14H2,1H3. The molecule has 2 aromatic heterocycles. The summed E-state index contributed by atoms with van der Waals surface area (Å²) in [5, 5.41) is 13.8. The van der Waals surface area contributed by atoms with Gasteiger partial charge in [0.25, 0.3) is 5.78 Å². The molecule has 0 N–H and O–H groups in total. The molecule has 4 aromatic rings. The molecule has 3 heterocycles. The van der Waals surface area contributed by atoms with Crippen LogP contribution < -0.4 is 9.64 Å². The topological polar surface area (TPSA) is 117 Å². The van der Waals surface area contributed by atoms with Crippen LogP contribution in [0.15, 0.2) is 66.0 Å². The normalized spacial score (nSPS) is 15.0. The molecule has 0 atom stereocenters. The van der Waals surface area contributed by atoms with Crippen molar-refractivity contribution in [3.05, 3.63) is 66.6 Å². The van der Waals surface area contributed by atoms with Crippen LogP contribution in [0.25, 0.3) is 16.9 Å². The highest BCUT2D eigenvalue weighted by Gasteiger charge is 2.30. The van der Waals surface area contributed by atoms with E-state index in [-0.39, 0.29) is 17.0 Å². The Hall–Kier alpha value is -4.01. The average molecular weight is 490 g/mol. The highest BCUT2D eigenvalue weighted by molar-refractivity contribution is 7.89. The fourth-order valence-electron chi connectivity index (χ4n) is 4.31. The Bertz CT molecular complexity index is 1510. The second kappa shape index (κ2) is 9.32. The first kappa shape index (κ1) is 22.8. The molecule has 10 nitrogen and oxygen atoms in total. The third-order valence-electron chi connectivity index (χ3n) is 6.06. The fourth-order valence-corrected chi connectivity index (χ4v) is 5.93. The lowest BCUT2D eigenvalue weighted by atomic mass is 10.1. The summed E-state index contributed by atoms with van der Waals surface area (Å²) in [6.45, 7) is 1.68. The van der Waals surface area contributed by atoms with Crippen molar-refractivity contribution in [1.29, 1.82) is 5.26 Å². The smallest absolute Gasteiger partial charge is 0.254 e. The van der Waals surface area contributed by atoms with E-state index in [2.05, 4.69) is 20.0 Å². The number of anilines is 1. The molecule has 1 fully saturated rings. The van der Waals surface area contributed by atoms with Crippen LogP contribution in [0.2, 0.25) is 0 Å². The van der Waals surface area contributed by atoms with Gasteiger partial charge in [0.15, 0.2) is 0 Å². The number of methoxy groups -OCH3 is 1. The molecule has 2 aromatic carbocycles. The first-order chi connectivity index (χ1) is 17.0. The van der Waals surface area contributed by atoms with Crippen LogP contribution in [0, 0.1) is 11.3 Å². The number of hydrogen-bond donors (Lipinski definition) is 0. The Kier molecular flexibility index (Phi) is 6.07. The molecule has 1 aliphatic heterocycles. The zero-order chi connectivity index (χ0) is 24.4. The number of fused-ring (bicyclic) bond motifs is 1. The molecule has 0 bridgehead atoms. The molecule has 1 saturated heterocycles. The molecular formula is C24H23N7O3S. The summed E-state index contributed by atoms with van der Waals surface area (Å²) in [6, 6.07) is 16.0. The molecule has 0 saturated carbocycles. The van der Waals surface area contributed by atoms with Gasteiger partial charge in [0, 0.05) is 37.9 Å². The average Bonchev–Trinajstić information content (AvgIpc) is 3.24. The molecule has 0 amide bonds. The number of aromatic nitrogens is 4. The monoisotopic (exact) mass is 489 g/mol. The number of benzene rings is 2. The summed E-state index contributed by atoms with van der Waals surface area (Å²) in [6.07, 6.45) is 3.83. The first-order valence-electron chi connectivity index (χ1n) is 11.1. The minimum Gasteiger partial charge on any atom is -0.497 e. The Morgan fingerprint density at radius 1 is 1.00 bits per heavy atom. The Morgan fingerprint density at radius 2 is 1.80 bits per heavy atom. The number of nitrogens with zero attached hydrogens (tertiary/aromatic N) is 7. The molecule has 178 valence electrons. The Labute approximate surface area is 203 Å². The third-order valence-corrected chi connectivity index (χ3v) is 8.02. The van der Waals surface area contributed by atoms with E-state index < -0.39 is 10.0 Å². The number of nitriles is 1. The van der Waals surface area contributed by atoms with Gasteiger partial charge in [-0.1, -0.05) is 24.3 Å². The van der Waals surface area contributed by atoms with Crippen LogP contribution in [0.4, 0.5) is 5.82 Å². The summed E-state index contributed by atoms with van der Waals surface area (Å²) in [5.41, 5.74) is 1.94. The van der Waals surface area contributed by atoms with Gasteiger partial charge in [-0.25, -0.2) is 13.4 Å². The quantitative estimate of drug-likeness (QED) is 0.420. The maximum atomic E-state index is 13.4. The second-order valence-corrected chi connectivity index (χ2v) is 9.95. The zero-order valence-corrected chi connectivity index (χ0v) is 19.9. The van der Waals surface area contributed by atoms with E-state index in [1.54, 1.807) is 30.0 Å². The van der Waals surface area contributed by atoms with Crippen LogP contribution in [0.1, 0.15) is 12.0 Å². The van der Waals surface area contributed by atoms with E-state index in [0.29, 0.717) is 31.8 Å². The van der Waals surface area contributed by atoms with Gasteiger partial charge in [-0.05, 0) is 36.2 Å². The van der Waals surface area contributed by atoms with Crippen molar-refractivity contribution in [3.8, 4) is 22.9 Å². The van der Waals surface area contributed by atoms with Gasteiger partial charge in [-0.3, -0.25) is 0 Å². The summed E-state index contributed by atoms with van der Waals surface area (Å²) in [4.78, 5) is 10.8. The van der Waals surface area contributed by atoms with Gasteiger partial charge in [0.1, 0.15) is 24.0 Å². The van der Waals surface area contributed by atoms with Crippen molar-refractivity contribution < 1.29 is 13.2 Å². The molecule has 0 spiro atoms. The maximum absolute atomic E-state index is 13.4. The van der Waals surface area contributed by atoms with Crippen LogP contribution in [0.5, 0.6) is 5.75 Å². The van der Waals surface area contributed by atoms with Crippen LogP contribution in [-0.2, 0) is 10.0 Å². The van der Waals surface area contributed by atoms with Crippen molar-refractivity contribution in [3.63, 3.8) is 0 Å². The van der Waals surface area contributed by atoms with E-state index in [4.69, 9.17) is 4.74 Å². The highest BCUT2D eigenvalue weighted by Crippen LogP contribution is 2.32. The highest BCUT2D eigenvalue weighted by atomic mass is 32.2. The van der Waals surface area contributed by atoms with Crippen molar-refractivity contribution in [1.82, 2.24) is 23.9 Å². The third kappa shape index (κ3) is 4.18. The minimum absolute atomic E-state index is 0.0393. The zero-order valence-electron chi connectivity index (χ0n) is 19.1. The van der Waals surface area contributed by atoms with Crippen molar-refractivity contribution in [2.45, 2.75) is 11.3 Å². The lowest BCUT2D eigenvalue weighted by Gasteiger charge is -2.26. The van der Waals surface area contributed by atoms with E-state index in [0.717, 1.165) is 22.7 Å². The summed E-state index contributed by atoms with van der Waals surface area (Å²) in [5.74, 6) is 2.02. The van der Waals surface area contributed by atoms with Gasteiger partial charge in [-0.15, -0.1) is 0 Å². The molecule has 0 aliphatic carbocycles. The van der Waals surface area contributed by atoms with Gasteiger partial charge in [-0.2, -0.15) is 24.2 Å². The predicted octanol–water partition coefficient (Wildman–Crippen LogP) is 2.57. The number of rotatable bonds is 5.